The summed E-state index contributed by atoms with van der Waals surface area (Å²) in [5.41, 5.74) is 10.5. The predicted molar refractivity (Wildman–Crippen MR) is 93.5 cm³/mol. The number of hydrogen-bond acceptors (Lipinski definition) is 7. The molecule has 0 bridgehead atoms. The van der Waals surface area contributed by atoms with Crippen molar-refractivity contribution in [3.8, 4) is 0 Å². The molecule has 0 aromatic rings. The number of amides is 4. The first-order valence-electron chi connectivity index (χ1n) is 8.30. The van der Waals surface area contributed by atoms with Gasteiger partial charge in [-0.2, -0.15) is 0 Å². The van der Waals surface area contributed by atoms with Gasteiger partial charge in [-0.1, -0.05) is 0 Å². The Morgan fingerprint density at radius 1 is 0.929 bits per heavy atom. The monoisotopic (exact) mass is 403 g/mol. The zero-order chi connectivity index (χ0) is 21.9. The van der Waals surface area contributed by atoms with Crippen molar-refractivity contribution in [2.24, 2.45) is 11.5 Å². The second kappa shape index (κ2) is 12.2. The lowest BCUT2D eigenvalue weighted by atomic mass is 10.1. The van der Waals surface area contributed by atoms with Gasteiger partial charge < -0.3 is 37.6 Å². The van der Waals surface area contributed by atoms with E-state index < -0.39 is 66.7 Å². The number of nitrogens with two attached hydrogens (primary N) is 2. The molecule has 0 spiro atoms. The van der Waals surface area contributed by atoms with Crippen molar-refractivity contribution < 1.29 is 39.0 Å². The molecule has 13 heteroatoms. The molecule has 0 fully saturated rings. The van der Waals surface area contributed by atoms with Crippen molar-refractivity contribution in [2.75, 3.05) is 6.54 Å². The first kappa shape index (κ1) is 24.8. The van der Waals surface area contributed by atoms with E-state index in [1.165, 1.54) is 6.92 Å². The van der Waals surface area contributed by atoms with E-state index >= 15 is 0 Å². The van der Waals surface area contributed by atoms with Crippen LogP contribution in [-0.4, -0.2) is 70.5 Å². The first-order valence-corrected chi connectivity index (χ1v) is 8.30. The fraction of sp³-hybridized carbons (Fsp3) is 0.600. The Hall–Kier alpha value is -3.22. The quantitative estimate of drug-likeness (QED) is 0.162. The molecule has 0 saturated heterocycles. The van der Waals surface area contributed by atoms with Gasteiger partial charge in [0.15, 0.2) is 0 Å². The van der Waals surface area contributed by atoms with Crippen LogP contribution in [0.15, 0.2) is 0 Å². The molecule has 0 aliphatic carbocycles. The van der Waals surface area contributed by atoms with Gasteiger partial charge in [-0.25, -0.2) is 0 Å². The number of nitrogens with one attached hydrogen (secondary N) is 3. The number of aliphatic carboxylic acids is 2. The third-order valence-electron chi connectivity index (χ3n) is 3.49. The summed E-state index contributed by atoms with van der Waals surface area (Å²) in [5.74, 6) is -5.57. The Balaban J connectivity index is 4.79. The average molecular weight is 403 g/mol. The zero-order valence-electron chi connectivity index (χ0n) is 15.3. The van der Waals surface area contributed by atoms with E-state index in [4.69, 9.17) is 21.7 Å². The van der Waals surface area contributed by atoms with Crippen LogP contribution in [0.4, 0.5) is 0 Å². The van der Waals surface area contributed by atoms with Gasteiger partial charge >= 0.3 is 11.9 Å². The van der Waals surface area contributed by atoms with Crippen molar-refractivity contribution in [3.63, 3.8) is 0 Å². The second-order valence-corrected chi connectivity index (χ2v) is 5.95. The minimum atomic E-state index is -1.30. The van der Waals surface area contributed by atoms with Gasteiger partial charge in [0.25, 0.3) is 0 Å². The van der Waals surface area contributed by atoms with Crippen molar-refractivity contribution in [1.82, 2.24) is 16.0 Å². The van der Waals surface area contributed by atoms with E-state index in [0.717, 1.165) is 0 Å². The van der Waals surface area contributed by atoms with Crippen LogP contribution in [0.5, 0.6) is 0 Å². The van der Waals surface area contributed by atoms with Crippen LogP contribution >= 0.6 is 0 Å². The summed E-state index contributed by atoms with van der Waals surface area (Å²) in [7, 11) is 0. The van der Waals surface area contributed by atoms with Crippen LogP contribution in [0.3, 0.4) is 0 Å². The molecular weight excluding hydrogens is 378 g/mol. The molecule has 0 heterocycles. The van der Waals surface area contributed by atoms with Crippen molar-refractivity contribution >= 4 is 35.6 Å². The van der Waals surface area contributed by atoms with E-state index in [0.29, 0.717) is 0 Å². The number of carbonyl (C=O) groups excluding carboxylic acids is 4. The maximum atomic E-state index is 12.2. The van der Waals surface area contributed by atoms with Gasteiger partial charge in [-0.15, -0.1) is 0 Å². The molecule has 28 heavy (non-hydrogen) atoms. The molecule has 0 radical (unpaired) electrons. The predicted octanol–water partition coefficient (Wildman–Crippen LogP) is -3.37. The Morgan fingerprint density at radius 3 is 2.04 bits per heavy atom. The summed E-state index contributed by atoms with van der Waals surface area (Å²) in [6.07, 6.45) is -0.938. The lowest BCUT2D eigenvalue weighted by molar-refractivity contribution is -0.141. The van der Waals surface area contributed by atoms with Crippen LogP contribution in [0.2, 0.25) is 0 Å². The minimum Gasteiger partial charge on any atom is -0.481 e. The van der Waals surface area contributed by atoms with Gasteiger partial charge in [-0.3, -0.25) is 28.8 Å². The summed E-state index contributed by atoms with van der Waals surface area (Å²) in [5, 5.41) is 24.0. The topological polar surface area (TPSA) is 231 Å². The Bertz CT molecular complexity index is 624. The third kappa shape index (κ3) is 10.7. The molecule has 9 N–H and O–H groups in total. The normalized spacial score (nSPS) is 13.5. The van der Waals surface area contributed by atoms with Gasteiger partial charge in [0.05, 0.1) is 12.6 Å². The standard InChI is InChI=1S/C15H25N5O8/c1-7(15(27)28)19-11(22)6-18-14(26)9(3-5-12(23)24)20-13(25)8(16)2-4-10(17)21/h7-9H,2-6,16H2,1H3,(H2,17,21)(H,18,26)(H,19,22)(H,20,25)(H,23,24)(H,27,28). The Morgan fingerprint density at radius 2 is 1.54 bits per heavy atom. The minimum absolute atomic E-state index is 0.0656. The number of carboxylic acid groups (broad SMARTS) is 2. The maximum Gasteiger partial charge on any atom is 0.325 e. The number of rotatable bonds is 13. The molecular formula is C15H25N5O8. The number of hydrogen-bond donors (Lipinski definition) is 7. The molecule has 0 rings (SSSR count). The van der Waals surface area contributed by atoms with E-state index in [1.807, 2.05) is 0 Å². The molecule has 0 aliphatic rings. The highest BCUT2D eigenvalue weighted by Gasteiger charge is 2.25. The van der Waals surface area contributed by atoms with E-state index in [2.05, 4.69) is 16.0 Å². The summed E-state index contributed by atoms with van der Waals surface area (Å²) in [4.78, 5) is 67.9. The van der Waals surface area contributed by atoms with Crippen molar-refractivity contribution in [3.05, 3.63) is 0 Å². The SMILES string of the molecule is CC(NC(=O)CNC(=O)C(CCC(=O)O)NC(=O)C(N)CCC(N)=O)C(=O)O. The Labute approximate surface area is 160 Å². The lowest BCUT2D eigenvalue weighted by Crippen LogP contribution is -2.53. The highest BCUT2D eigenvalue weighted by atomic mass is 16.4. The zero-order valence-corrected chi connectivity index (χ0v) is 15.3. The van der Waals surface area contributed by atoms with Crippen LogP contribution in [-0.2, 0) is 28.8 Å². The molecule has 13 nitrogen and oxygen atoms in total. The van der Waals surface area contributed by atoms with Gasteiger partial charge in [-0.05, 0) is 19.8 Å². The molecule has 158 valence electrons. The fourth-order valence-corrected chi connectivity index (χ4v) is 1.89. The summed E-state index contributed by atoms with van der Waals surface area (Å²) >= 11 is 0. The first-order chi connectivity index (χ1) is 12.9. The van der Waals surface area contributed by atoms with Crippen LogP contribution in [0.1, 0.15) is 32.6 Å². The highest BCUT2D eigenvalue weighted by Crippen LogP contribution is 2.01. The van der Waals surface area contributed by atoms with Crippen LogP contribution in [0, 0.1) is 0 Å². The summed E-state index contributed by atoms with van der Waals surface area (Å²) in [6.45, 7) is 0.648. The van der Waals surface area contributed by atoms with Gasteiger partial charge in [0.2, 0.25) is 23.6 Å². The number of primary amides is 1. The van der Waals surface area contributed by atoms with Crippen molar-refractivity contribution in [1.29, 1.82) is 0 Å². The van der Waals surface area contributed by atoms with Crippen LogP contribution in [0.25, 0.3) is 0 Å². The highest BCUT2D eigenvalue weighted by molar-refractivity contribution is 5.92. The van der Waals surface area contributed by atoms with Crippen LogP contribution < -0.4 is 27.4 Å². The number of carbonyl (C=O) groups is 6. The van der Waals surface area contributed by atoms with Gasteiger partial charge in [0.1, 0.15) is 12.1 Å². The molecule has 3 unspecified atom stereocenters. The molecule has 0 aliphatic heterocycles. The third-order valence-corrected chi connectivity index (χ3v) is 3.49. The average Bonchev–Trinajstić information content (AvgIpc) is 2.60. The lowest BCUT2D eigenvalue weighted by Gasteiger charge is -2.20. The molecule has 3 atom stereocenters. The fourth-order valence-electron chi connectivity index (χ4n) is 1.89. The smallest absolute Gasteiger partial charge is 0.325 e. The molecule has 4 amide bonds. The van der Waals surface area contributed by atoms with Crippen molar-refractivity contribution in [2.45, 2.75) is 50.7 Å². The largest absolute Gasteiger partial charge is 0.481 e. The van der Waals surface area contributed by atoms with E-state index in [1.54, 1.807) is 0 Å². The summed E-state index contributed by atoms with van der Waals surface area (Å²) < 4.78 is 0. The maximum absolute atomic E-state index is 12.2. The summed E-state index contributed by atoms with van der Waals surface area (Å²) in [6, 6.07) is -3.62. The second-order valence-electron chi connectivity index (χ2n) is 5.95. The van der Waals surface area contributed by atoms with Gasteiger partial charge in [0, 0.05) is 12.8 Å². The van der Waals surface area contributed by atoms with E-state index in [9.17, 15) is 28.8 Å². The molecule has 0 aromatic heterocycles. The molecule has 0 saturated carbocycles. The van der Waals surface area contributed by atoms with E-state index in [-0.39, 0.29) is 19.3 Å². The Kier molecular flexibility index (Phi) is 10.8. The number of carboxylic acids is 2. The molecule has 0 aromatic carbocycles.